The molecule has 2 heterocycles. The highest BCUT2D eigenvalue weighted by Gasteiger charge is 2.28. The molecule has 0 aromatic heterocycles. The Morgan fingerprint density at radius 2 is 1.89 bits per heavy atom. The highest BCUT2D eigenvalue weighted by atomic mass is 32.2. The first kappa shape index (κ1) is 14.2. The molecule has 0 radical (unpaired) electrons. The van der Waals surface area contributed by atoms with Gasteiger partial charge >= 0.3 is 0 Å². The molecule has 2 aliphatic heterocycles. The lowest BCUT2D eigenvalue weighted by molar-refractivity contribution is 0.206. The van der Waals surface area contributed by atoms with Crippen molar-refractivity contribution in [2.24, 2.45) is 5.92 Å². The molecule has 2 atom stereocenters. The molecule has 3 fully saturated rings. The third-order valence-corrected chi connectivity index (χ3v) is 6.60. The first-order valence-electron chi connectivity index (χ1n) is 8.49. The van der Waals surface area contributed by atoms with Crippen molar-refractivity contribution in [2.75, 3.05) is 31.9 Å². The van der Waals surface area contributed by atoms with Crippen molar-refractivity contribution in [2.45, 2.75) is 62.7 Å². The Labute approximate surface area is 123 Å². The summed E-state index contributed by atoms with van der Waals surface area (Å²) >= 11 is 2.22. The summed E-state index contributed by atoms with van der Waals surface area (Å²) in [4.78, 5) is 2.78. The zero-order chi connectivity index (χ0) is 12.9. The predicted molar refractivity (Wildman–Crippen MR) is 84.9 cm³/mol. The summed E-state index contributed by atoms with van der Waals surface area (Å²) in [5.41, 5.74) is 0. The molecule has 1 aliphatic carbocycles. The lowest BCUT2D eigenvalue weighted by atomic mass is 9.83. The molecule has 2 nitrogen and oxygen atoms in total. The maximum absolute atomic E-state index is 3.86. The number of rotatable bonds is 3. The Morgan fingerprint density at radius 1 is 1.00 bits per heavy atom. The largest absolute Gasteiger partial charge is 0.312 e. The summed E-state index contributed by atoms with van der Waals surface area (Å²) in [6.45, 7) is 5.25. The number of hydrogen-bond donors (Lipinski definition) is 1. The Morgan fingerprint density at radius 3 is 2.68 bits per heavy atom. The van der Waals surface area contributed by atoms with Crippen LogP contribution in [0.3, 0.4) is 0 Å². The minimum atomic E-state index is 0.786. The Hall–Kier alpha value is 0.270. The van der Waals surface area contributed by atoms with Crippen LogP contribution in [0, 0.1) is 5.92 Å². The van der Waals surface area contributed by atoms with E-state index in [1.54, 1.807) is 0 Å². The van der Waals surface area contributed by atoms with E-state index >= 15 is 0 Å². The van der Waals surface area contributed by atoms with Crippen molar-refractivity contribution in [1.29, 1.82) is 0 Å². The third kappa shape index (κ3) is 4.12. The average molecular weight is 282 g/mol. The quantitative estimate of drug-likeness (QED) is 0.856. The summed E-state index contributed by atoms with van der Waals surface area (Å²) < 4.78 is 0. The molecular weight excluding hydrogens is 252 g/mol. The normalized spacial score (nSPS) is 35.4. The molecule has 3 rings (SSSR count). The molecule has 0 aromatic carbocycles. The average Bonchev–Trinajstić information content (AvgIpc) is 2.84. The zero-order valence-corrected chi connectivity index (χ0v) is 13.1. The van der Waals surface area contributed by atoms with Crippen LogP contribution in [0.5, 0.6) is 0 Å². The molecule has 0 bridgehead atoms. The number of thioether (sulfide) groups is 1. The maximum atomic E-state index is 3.86. The van der Waals surface area contributed by atoms with Gasteiger partial charge in [-0.3, -0.25) is 0 Å². The van der Waals surface area contributed by atoms with Crippen molar-refractivity contribution in [3.05, 3.63) is 0 Å². The second-order valence-electron chi connectivity index (χ2n) is 6.71. The van der Waals surface area contributed by atoms with Gasteiger partial charge in [0.2, 0.25) is 0 Å². The summed E-state index contributed by atoms with van der Waals surface area (Å²) in [7, 11) is 0. The van der Waals surface area contributed by atoms with Gasteiger partial charge in [0.05, 0.1) is 0 Å². The second kappa shape index (κ2) is 7.33. The molecule has 2 saturated heterocycles. The molecule has 0 spiro atoms. The predicted octanol–water partition coefficient (Wildman–Crippen LogP) is 3.13. The minimum Gasteiger partial charge on any atom is -0.312 e. The van der Waals surface area contributed by atoms with E-state index < -0.39 is 0 Å². The van der Waals surface area contributed by atoms with Crippen LogP contribution < -0.4 is 5.32 Å². The fourth-order valence-electron chi connectivity index (χ4n) is 4.12. The molecule has 0 amide bonds. The van der Waals surface area contributed by atoms with Gasteiger partial charge in [-0.05, 0) is 56.9 Å². The van der Waals surface area contributed by atoms with Crippen molar-refractivity contribution < 1.29 is 0 Å². The van der Waals surface area contributed by atoms with Crippen LogP contribution in [0.1, 0.15) is 51.4 Å². The van der Waals surface area contributed by atoms with Crippen LogP contribution in [0.25, 0.3) is 0 Å². The maximum Gasteiger partial charge on any atom is 0.0223 e. The standard InChI is InChI=1S/C16H30N2S/c1-2-6-14(7-3-1)16-13-18(10-5-9-17-16)12-15-8-4-11-19-15/h14-17H,1-13H2. The van der Waals surface area contributed by atoms with Gasteiger partial charge in [0.15, 0.2) is 0 Å². The smallest absolute Gasteiger partial charge is 0.0223 e. The van der Waals surface area contributed by atoms with Gasteiger partial charge in [-0.2, -0.15) is 11.8 Å². The first-order chi connectivity index (χ1) is 9.42. The van der Waals surface area contributed by atoms with Crippen molar-refractivity contribution in [3.8, 4) is 0 Å². The van der Waals surface area contributed by atoms with Gasteiger partial charge in [0.25, 0.3) is 0 Å². The van der Waals surface area contributed by atoms with E-state index in [-0.39, 0.29) is 0 Å². The van der Waals surface area contributed by atoms with Gasteiger partial charge in [-0.1, -0.05) is 19.3 Å². The summed E-state index contributed by atoms with van der Waals surface area (Å²) in [5, 5.41) is 4.79. The molecule has 2 unspecified atom stereocenters. The lowest BCUT2D eigenvalue weighted by Crippen LogP contribution is -2.44. The Kier molecular flexibility index (Phi) is 5.48. The lowest BCUT2D eigenvalue weighted by Gasteiger charge is -2.33. The van der Waals surface area contributed by atoms with Gasteiger partial charge in [0.1, 0.15) is 0 Å². The SMILES string of the molecule is C1CCC(C2CN(CC3CCCS3)CCCN2)CC1. The van der Waals surface area contributed by atoms with E-state index in [0.717, 1.165) is 17.2 Å². The van der Waals surface area contributed by atoms with Crippen LogP contribution in [0.4, 0.5) is 0 Å². The number of nitrogens with zero attached hydrogens (tertiary/aromatic N) is 1. The van der Waals surface area contributed by atoms with Gasteiger partial charge in [-0.15, -0.1) is 0 Å². The molecule has 1 saturated carbocycles. The fraction of sp³-hybridized carbons (Fsp3) is 1.00. The van der Waals surface area contributed by atoms with Gasteiger partial charge < -0.3 is 10.2 Å². The Bertz CT molecular complexity index is 259. The second-order valence-corrected chi connectivity index (χ2v) is 8.12. The minimum absolute atomic E-state index is 0.786. The number of hydrogen-bond acceptors (Lipinski definition) is 3. The monoisotopic (exact) mass is 282 g/mol. The first-order valence-corrected chi connectivity index (χ1v) is 9.54. The molecule has 0 aromatic rings. The van der Waals surface area contributed by atoms with E-state index in [0.29, 0.717) is 0 Å². The molecule has 3 aliphatic rings. The summed E-state index contributed by atoms with van der Waals surface area (Å²) in [6.07, 6.45) is 11.6. The highest BCUT2D eigenvalue weighted by Crippen LogP contribution is 2.29. The topological polar surface area (TPSA) is 15.3 Å². The molecule has 19 heavy (non-hydrogen) atoms. The summed E-state index contributed by atoms with van der Waals surface area (Å²) in [5.74, 6) is 2.37. The third-order valence-electron chi connectivity index (χ3n) is 5.22. The van der Waals surface area contributed by atoms with Gasteiger partial charge in [0, 0.05) is 24.4 Å². The molecule has 3 heteroatoms. The van der Waals surface area contributed by atoms with E-state index in [2.05, 4.69) is 22.0 Å². The van der Waals surface area contributed by atoms with Crippen molar-refractivity contribution >= 4 is 11.8 Å². The van der Waals surface area contributed by atoms with E-state index in [1.807, 2.05) is 0 Å². The van der Waals surface area contributed by atoms with Crippen molar-refractivity contribution in [1.82, 2.24) is 10.2 Å². The van der Waals surface area contributed by atoms with Crippen LogP contribution in [0.15, 0.2) is 0 Å². The molecule has 110 valence electrons. The number of nitrogens with one attached hydrogen (secondary N) is 1. The highest BCUT2D eigenvalue weighted by molar-refractivity contribution is 8.00. The van der Waals surface area contributed by atoms with E-state index in [4.69, 9.17) is 0 Å². The van der Waals surface area contributed by atoms with E-state index in [1.165, 1.54) is 83.3 Å². The van der Waals surface area contributed by atoms with Crippen LogP contribution in [-0.4, -0.2) is 48.1 Å². The fourth-order valence-corrected chi connectivity index (χ4v) is 5.43. The Balaban J connectivity index is 1.52. The molecular formula is C16H30N2S. The molecule has 1 N–H and O–H groups in total. The zero-order valence-electron chi connectivity index (χ0n) is 12.3. The van der Waals surface area contributed by atoms with Crippen LogP contribution >= 0.6 is 11.8 Å². The van der Waals surface area contributed by atoms with Crippen LogP contribution in [0.2, 0.25) is 0 Å². The van der Waals surface area contributed by atoms with Crippen molar-refractivity contribution in [3.63, 3.8) is 0 Å². The summed E-state index contributed by atoms with van der Waals surface area (Å²) in [6, 6.07) is 0.786. The van der Waals surface area contributed by atoms with Gasteiger partial charge in [-0.25, -0.2) is 0 Å². The van der Waals surface area contributed by atoms with E-state index in [9.17, 15) is 0 Å². The van der Waals surface area contributed by atoms with Crippen LogP contribution in [-0.2, 0) is 0 Å².